The van der Waals surface area contributed by atoms with E-state index in [9.17, 15) is 0 Å². The topological polar surface area (TPSA) is 0 Å². The fourth-order valence-corrected chi connectivity index (χ4v) is 1.39. The molecule has 14 heavy (non-hydrogen) atoms. The first-order valence-electron chi connectivity index (χ1n) is 4.80. The molecule has 0 spiro atoms. The third-order valence-corrected chi connectivity index (χ3v) is 3.24. The third-order valence-electron chi connectivity index (χ3n) is 3.24. The molecule has 0 aliphatic carbocycles. The van der Waals surface area contributed by atoms with Gasteiger partial charge in [0.05, 0.1) is 0 Å². The smallest absolute Gasteiger partial charge is 0 e. The Morgan fingerprint density at radius 2 is 1.14 bits per heavy atom. The summed E-state index contributed by atoms with van der Waals surface area (Å²) in [5, 5.41) is 0. The second-order valence-electron chi connectivity index (χ2n) is 4.15. The van der Waals surface area contributed by atoms with E-state index in [1.807, 2.05) is 0 Å². The minimum atomic E-state index is 0. The quantitative estimate of drug-likeness (QED) is 0.631. The first-order valence-corrected chi connectivity index (χ1v) is 4.80. The van der Waals surface area contributed by atoms with E-state index in [1.54, 1.807) is 0 Å². The van der Waals surface area contributed by atoms with Crippen molar-refractivity contribution in [2.75, 3.05) is 0 Å². The van der Waals surface area contributed by atoms with Crippen molar-refractivity contribution in [2.45, 2.75) is 56.4 Å². The number of hydrogen-bond donors (Lipinski definition) is 0. The zero-order valence-electron chi connectivity index (χ0n) is 9.46. The molecule has 0 N–H and O–H groups in total. The van der Waals surface area contributed by atoms with Gasteiger partial charge in [0.2, 0.25) is 0 Å². The van der Waals surface area contributed by atoms with Gasteiger partial charge in [0.15, 0.2) is 0 Å². The molecular formula is C13H31Y-. The second kappa shape index (κ2) is 12.2. The molecule has 0 bridgehead atoms. The maximum Gasteiger partial charge on any atom is 0 e. The van der Waals surface area contributed by atoms with Gasteiger partial charge in [-0.25, -0.2) is 0 Å². The molecule has 1 heteroatoms. The van der Waals surface area contributed by atoms with E-state index in [0.29, 0.717) is 0 Å². The van der Waals surface area contributed by atoms with Gasteiger partial charge in [-0.2, -0.15) is 12.8 Å². The van der Waals surface area contributed by atoms with Crippen molar-refractivity contribution in [1.29, 1.82) is 0 Å². The number of hydrogen-bond acceptors (Lipinski definition) is 0. The largest absolute Gasteiger partial charge is 0.328 e. The summed E-state index contributed by atoms with van der Waals surface area (Å²) in [6.07, 6.45) is 2.31. The van der Waals surface area contributed by atoms with Crippen LogP contribution in [0.15, 0.2) is 0 Å². The summed E-state index contributed by atoms with van der Waals surface area (Å²) in [6.45, 7) is 13.8. The maximum absolute atomic E-state index is 2.36. The van der Waals surface area contributed by atoms with Gasteiger partial charge in [-0.3, -0.25) is 0 Å². The molecule has 0 fully saturated rings. The Hall–Kier alpha value is 1.10. The summed E-state index contributed by atoms with van der Waals surface area (Å²) in [6, 6.07) is 0. The summed E-state index contributed by atoms with van der Waals surface area (Å²) in [5.41, 5.74) is 0. The molecule has 0 aliphatic rings. The molecule has 0 rings (SSSR count). The van der Waals surface area contributed by atoms with E-state index in [2.05, 4.69) is 48.0 Å². The first kappa shape index (κ1) is 24.4. The van der Waals surface area contributed by atoms with Gasteiger partial charge < -0.3 is 6.42 Å². The molecule has 87 valence electrons. The van der Waals surface area contributed by atoms with Gasteiger partial charge in [-0.1, -0.05) is 55.4 Å². The van der Waals surface area contributed by atoms with Crippen LogP contribution in [0.25, 0.3) is 0 Å². The van der Waals surface area contributed by atoms with Crippen LogP contribution in [0.5, 0.6) is 0 Å². The molecule has 0 aromatic carbocycles. The van der Waals surface area contributed by atoms with Crippen molar-refractivity contribution in [2.24, 2.45) is 23.7 Å². The van der Waals surface area contributed by atoms with Crippen molar-refractivity contribution >= 4 is 0 Å². The van der Waals surface area contributed by atoms with Crippen molar-refractivity contribution < 1.29 is 32.7 Å². The van der Waals surface area contributed by atoms with E-state index in [4.69, 9.17) is 0 Å². The SMILES string of the molecule is C.C.C[CH-]C(C)C(C)C(C)C(C)C.[Y]. The van der Waals surface area contributed by atoms with Crippen LogP contribution in [-0.2, 0) is 32.7 Å². The molecular weight excluding hydrogens is 245 g/mol. The summed E-state index contributed by atoms with van der Waals surface area (Å²) in [5.74, 6) is 3.22. The van der Waals surface area contributed by atoms with Gasteiger partial charge in [0.25, 0.3) is 0 Å². The molecule has 0 aromatic heterocycles. The van der Waals surface area contributed by atoms with Crippen LogP contribution in [0.3, 0.4) is 0 Å². The zero-order valence-corrected chi connectivity index (χ0v) is 12.3. The second-order valence-corrected chi connectivity index (χ2v) is 4.15. The van der Waals surface area contributed by atoms with Gasteiger partial charge in [0.1, 0.15) is 0 Å². The van der Waals surface area contributed by atoms with E-state index >= 15 is 0 Å². The van der Waals surface area contributed by atoms with E-state index in [1.165, 1.54) is 0 Å². The molecule has 1 radical (unpaired) electrons. The van der Waals surface area contributed by atoms with Crippen LogP contribution in [0.2, 0.25) is 0 Å². The summed E-state index contributed by atoms with van der Waals surface area (Å²) >= 11 is 0. The maximum atomic E-state index is 2.36. The van der Waals surface area contributed by atoms with Gasteiger partial charge in [-0.05, 0) is 11.8 Å². The average Bonchev–Trinajstić information content (AvgIpc) is 2.00. The van der Waals surface area contributed by atoms with Crippen molar-refractivity contribution in [3.05, 3.63) is 6.42 Å². The van der Waals surface area contributed by atoms with Gasteiger partial charge in [-0.15, -0.1) is 0 Å². The Balaban J connectivity index is -0.000000167. The van der Waals surface area contributed by atoms with E-state index in [-0.39, 0.29) is 47.6 Å². The standard InChI is InChI=1S/C11H23.2CH4.Y/c1-7-9(4)11(6)10(5)8(2)3;;;/h7-11H,1-6H3;2*1H4;/q-1;;;. The molecule has 3 unspecified atom stereocenters. The fraction of sp³-hybridized carbons (Fsp3) is 0.923. The molecule has 0 heterocycles. The van der Waals surface area contributed by atoms with Crippen LogP contribution in [-0.4, -0.2) is 0 Å². The molecule has 0 aromatic rings. The van der Waals surface area contributed by atoms with Crippen LogP contribution in [0.4, 0.5) is 0 Å². The Labute approximate surface area is 119 Å². The zero-order chi connectivity index (χ0) is 9.02. The molecule has 0 nitrogen and oxygen atoms in total. The Bertz CT molecular complexity index is 99.4. The van der Waals surface area contributed by atoms with Gasteiger partial charge in [0, 0.05) is 32.7 Å². The van der Waals surface area contributed by atoms with Crippen LogP contribution >= 0.6 is 0 Å². The molecule has 0 aliphatic heterocycles. The van der Waals surface area contributed by atoms with E-state index < -0.39 is 0 Å². The Morgan fingerprint density at radius 1 is 0.786 bits per heavy atom. The van der Waals surface area contributed by atoms with Crippen LogP contribution in [0.1, 0.15) is 56.4 Å². The fourth-order valence-electron chi connectivity index (χ4n) is 1.39. The predicted molar refractivity (Wildman–Crippen MR) is 65.8 cm³/mol. The Kier molecular flexibility index (Phi) is 21.2. The van der Waals surface area contributed by atoms with Crippen molar-refractivity contribution in [3.63, 3.8) is 0 Å². The molecule has 3 atom stereocenters. The van der Waals surface area contributed by atoms with E-state index in [0.717, 1.165) is 23.7 Å². The minimum absolute atomic E-state index is 0. The minimum Gasteiger partial charge on any atom is -0.328 e. The third kappa shape index (κ3) is 8.42. The summed E-state index contributed by atoms with van der Waals surface area (Å²) in [7, 11) is 0. The molecule has 0 saturated heterocycles. The van der Waals surface area contributed by atoms with Crippen molar-refractivity contribution in [3.8, 4) is 0 Å². The average molecular weight is 276 g/mol. The molecule has 0 saturated carbocycles. The molecule has 0 amide bonds. The van der Waals surface area contributed by atoms with Crippen LogP contribution < -0.4 is 0 Å². The van der Waals surface area contributed by atoms with Crippen LogP contribution in [0, 0.1) is 30.1 Å². The summed E-state index contributed by atoms with van der Waals surface area (Å²) in [4.78, 5) is 0. The normalized spacial score (nSPS) is 15.6. The van der Waals surface area contributed by atoms with Crippen molar-refractivity contribution in [1.82, 2.24) is 0 Å². The monoisotopic (exact) mass is 276 g/mol. The van der Waals surface area contributed by atoms with Gasteiger partial charge >= 0.3 is 0 Å². The first-order chi connectivity index (χ1) is 5.00. The number of rotatable bonds is 4. The summed E-state index contributed by atoms with van der Waals surface area (Å²) < 4.78 is 0. The predicted octanol–water partition coefficient (Wildman–Crippen LogP) is 5.04. The Morgan fingerprint density at radius 3 is 1.36 bits per heavy atom.